The highest BCUT2D eigenvalue weighted by Crippen LogP contribution is 2.46. The number of nitrogens with zero attached hydrogens (tertiary/aromatic N) is 3. The van der Waals surface area contributed by atoms with E-state index < -0.39 is 0 Å². The van der Waals surface area contributed by atoms with E-state index in [0.29, 0.717) is 0 Å². The van der Waals surface area contributed by atoms with Gasteiger partial charge in [0.25, 0.3) is 0 Å². The molecule has 3 heterocycles. The number of benzene rings is 5. The first-order chi connectivity index (χ1) is 18.2. The molecular formula is C34H22N3+. The zero-order chi connectivity index (χ0) is 24.8. The Bertz CT molecular complexity index is 2260. The van der Waals surface area contributed by atoms with Crippen molar-refractivity contribution in [3.8, 4) is 17.2 Å². The van der Waals surface area contributed by atoms with E-state index in [2.05, 4.69) is 120 Å². The smallest absolute Gasteiger partial charge is 0.224 e. The molecule has 0 aliphatic heterocycles. The zero-order valence-corrected chi connectivity index (χ0v) is 20.6. The number of nitriles is 1. The van der Waals surface area contributed by atoms with Crippen molar-refractivity contribution in [2.75, 3.05) is 0 Å². The Labute approximate surface area is 213 Å². The Morgan fingerprint density at radius 3 is 2.22 bits per heavy atom. The third kappa shape index (κ3) is 2.42. The maximum absolute atomic E-state index is 10.6. The minimum absolute atomic E-state index is 0.728. The van der Waals surface area contributed by atoms with Gasteiger partial charge in [-0.15, -0.1) is 0 Å². The lowest BCUT2D eigenvalue weighted by atomic mass is 9.91. The Kier molecular flexibility index (Phi) is 3.87. The number of pyridine rings is 2. The van der Waals surface area contributed by atoms with Gasteiger partial charge in [0.2, 0.25) is 5.52 Å². The van der Waals surface area contributed by atoms with E-state index in [4.69, 9.17) is 0 Å². The summed E-state index contributed by atoms with van der Waals surface area (Å²) in [5, 5.41) is 18.8. The van der Waals surface area contributed by atoms with Crippen LogP contribution >= 0.6 is 0 Å². The van der Waals surface area contributed by atoms with Crippen LogP contribution in [0.1, 0.15) is 11.1 Å². The van der Waals surface area contributed by atoms with Crippen LogP contribution in [-0.2, 0) is 7.05 Å². The van der Waals surface area contributed by atoms with Crippen molar-refractivity contribution in [2.45, 2.75) is 6.92 Å². The molecule has 0 fully saturated rings. The number of aryl methyl sites for hydroxylation is 2. The van der Waals surface area contributed by atoms with Crippen molar-refractivity contribution in [3.63, 3.8) is 0 Å². The van der Waals surface area contributed by atoms with Crippen LogP contribution in [0.4, 0.5) is 0 Å². The molecule has 0 radical (unpaired) electrons. The molecule has 0 bridgehead atoms. The van der Waals surface area contributed by atoms with Crippen LogP contribution in [-0.4, -0.2) is 4.40 Å². The lowest BCUT2D eigenvalue weighted by Crippen LogP contribution is -2.29. The highest BCUT2D eigenvalue weighted by molar-refractivity contribution is 6.32. The molecule has 0 saturated carbocycles. The second-order valence-corrected chi connectivity index (χ2v) is 9.99. The summed E-state index contributed by atoms with van der Waals surface area (Å²) in [6, 6.07) is 34.8. The summed E-state index contributed by atoms with van der Waals surface area (Å²) in [5.74, 6) is 0. The highest BCUT2D eigenvalue weighted by Gasteiger charge is 2.28. The summed E-state index contributed by atoms with van der Waals surface area (Å²) in [7, 11) is 2.12. The molecule has 0 aliphatic carbocycles. The quantitative estimate of drug-likeness (QED) is 0.136. The van der Waals surface area contributed by atoms with E-state index in [-0.39, 0.29) is 0 Å². The number of rotatable bonds is 1. The van der Waals surface area contributed by atoms with E-state index in [1.807, 2.05) is 6.07 Å². The molecule has 172 valence electrons. The molecule has 8 rings (SSSR count). The molecular weight excluding hydrogens is 450 g/mol. The summed E-state index contributed by atoms with van der Waals surface area (Å²) in [6.45, 7) is 2.20. The first-order valence-electron chi connectivity index (χ1n) is 12.6. The molecule has 0 unspecified atom stereocenters. The lowest BCUT2D eigenvalue weighted by molar-refractivity contribution is -0.643. The fourth-order valence-electron chi connectivity index (χ4n) is 6.61. The summed E-state index contributed by atoms with van der Waals surface area (Å²) in [4.78, 5) is 0. The number of hydrogen-bond donors (Lipinski definition) is 0. The van der Waals surface area contributed by atoms with Crippen molar-refractivity contribution in [2.24, 2.45) is 7.05 Å². The minimum Gasteiger partial charge on any atom is -0.306 e. The Hall–Kier alpha value is -4.94. The summed E-state index contributed by atoms with van der Waals surface area (Å²) in [6.07, 6.45) is 2.15. The van der Waals surface area contributed by atoms with Crippen molar-refractivity contribution in [1.82, 2.24) is 4.40 Å². The second kappa shape index (κ2) is 7.06. The molecule has 0 atom stereocenters. The molecule has 0 saturated heterocycles. The predicted octanol–water partition coefficient (Wildman–Crippen LogP) is 7.81. The zero-order valence-electron chi connectivity index (χ0n) is 20.6. The van der Waals surface area contributed by atoms with Crippen LogP contribution in [0, 0.1) is 18.3 Å². The van der Waals surface area contributed by atoms with Crippen molar-refractivity contribution >= 4 is 59.8 Å². The van der Waals surface area contributed by atoms with Crippen LogP contribution in [0.3, 0.4) is 0 Å². The molecule has 0 aliphatic rings. The Morgan fingerprint density at radius 2 is 1.43 bits per heavy atom. The Morgan fingerprint density at radius 1 is 0.730 bits per heavy atom. The second-order valence-electron chi connectivity index (χ2n) is 9.99. The molecule has 3 heteroatoms. The first-order valence-corrected chi connectivity index (χ1v) is 12.6. The van der Waals surface area contributed by atoms with Crippen molar-refractivity contribution in [3.05, 3.63) is 108 Å². The maximum atomic E-state index is 10.6. The number of aromatic nitrogens is 2. The van der Waals surface area contributed by atoms with Crippen LogP contribution in [0.25, 0.3) is 70.9 Å². The van der Waals surface area contributed by atoms with Gasteiger partial charge in [-0.25, -0.2) is 4.57 Å². The van der Waals surface area contributed by atoms with E-state index in [9.17, 15) is 5.26 Å². The largest absolute Gasteiger partial charge is 0.306 e. The average molecular weight is 473 g/mol. The van der Waals surface area contributed by atoms with Gasteiger partial charge in [0.05, 0.1) is 32.9 Å². The Balaban J connectivity index is 1.83. The van der Waals surface area contributed by atoms with Gasteiger partial charge in [-0.3, -0.25) is 0 Å². The van der Waals surface area contributed by atoms with Crippen LogP contribution < -0.4 is 4.57 Å². The fraction of sp³-hybridized carbons (Fsp3) is 0.0588. The molecule has 3 aromatic heterocycles. The van der Waals surface area contributed by atoms with Crippen molar-refractivity contribution in [1.29, 1.82) is 5.26 Å². The summed E-state index contributed by atoms with van der Waals surface area (Å²) >= 11 is 0. The number of hydrogen-bond acceptors (Lipinski definition) is 1. The summed E-state index contributed by atoms with van der Waals surface area (Å²) in [5.41, 5.74) is 8.83. The van der Waals surface area contributed by atoms with Crippen LogP contribution in [0.15, 0.2) is 97.2 Å². The van der Waals surface area contributed by atoms with Crippen LogP contribution in [0.5, 0.6) is 0 Å². The predicted molar refractivity (Wildman–Crippen MR) is 152 cm³/mol. The van der Waals surface area contributed by atoms with Gasteiger partial charge in [0, 0.05) is 22.2 Å². The van der Waals surface area contributed by atoms with E-state index in [1.165, 1.54) is 49.3 Å². The topological polar surface area (TPSA) is 32.1 Å². The lowest BCUT2D eigenvalue weighted by Gasteiger charge is -2.17. The van der Waals surface area contributed by atoms with E-state index in [1.54, 1.807) is 0 Å². The number of para-hydroxylation sites is 1. The fourth-order valence-corrected chi connectivity index (χ4v) is 6.61. The molecule has 0 N–H and O–H groups in total. The summed E-state index contributed by atoms with van der Waals surface area (Å²) < 4.78 is 4.60. The van der Waals surface area contributed by atoms with Gasteiger partial charge in [0.1, 0.15) is 13.1 Å². The van der Waals surface area contributed by atoms with Gasteiger partial charge in [0.15, 0.2) is 6.20 Å². The van der Waals surface area contributed by atoms with Gasteiger partial charge < -0.3 is 4.40 Å². The minimum atomic E-state index is 0.728. The third-order valence-corrected chi connectivity index (χ3v) is 8.14. The molecule has 8 aromatic rings. The van der Waals surface area contributed by atoms with Crippen molar-refractivity contribution < 1.29 is 4.57 Å². The maximum Gasteiger partial charge on any atom is 0.224 e. The molecule has 5 aromatic carbocycles. The van der Waals surface area contributed by atoms with Gasteiger partial charge in [-0.1, -0.05) is 72.8 Å². The third-order valence-electron chi connectivity index (χ3n) is 8.14. The van der Waals surface area contributed by atoms with E-state index >= 15 is 0 Å². The van der Waals surface area contributed by atoms with Gasteiger partial charge >= 0.3 is 0 Å². The molecule has 3 nitrogen and oxygen atoms in total. The van der Waals surface area contributed by atoms with Gasteiger partial charge in [-0.2, -0.15) is 5.26 Å². The first kappa shape index (κ1) is 20.3. The number of fused-ring (bicyclic) bond motifs is 7. The molecule has 0 spiro atoms. The van der Waals surface area contributed by atoms with E-state index in [0.717, 1.165) is 32.8 Å². The average Bonchev–Trinajstić information content (AvgIpc) is 3.29. The van der Waals surface area contributed by atoms with Gasteiger partial charge in [-0.05, 0) is 46.5 Å². The molecule has 37 heavy (non-hydrogen) atoms. The standard InChI is InChI=1S/C34H22N3/c1-20-23-12-6-7-13-24(23)27(19-35)32-29(20)33-30-22(16-17-36(33)2)18-26(21-10-4-3-5-11-21)31-25-14-8-9-15-28(25)37(32)34(30)31/h3-18H,1-2H3/q+1. The highest BCUT2D eigenvalue weighted by atomic mass is 15.0. The monoisotopic (exact) mass is 472 g/mol. The SMILES string of the molecule is Cc1c2ccccc2c(C#N)c2c1c1c3c(cc[n+]1C)cc(-c1ccccc1)c1c4ccccc4n2c13. The molecule has 0 amide bonds. The normalized spacial score (nSPS) is 12.0. The van der Waals surface area contributed by atoms with Crippen LogP contribution in [0.2, 0.25) is 0 Å².